The summed E-state index contributed by atoms with van der Waals surface area (Å²) >= 11 is 0. The predicted octanol–water partition coefficient (Wildman–Crippen LogP) is 2.16. The van der Waals surface area contributed by atoms with Crippen molar-refractivity contribution < 1.29 is 0 Å². The van der Waals surface area contributed by atoms with E-state index < -0.39 is 0 Å². The molecule has 24 heavy (non-hydrogen) atoms. The highest BCUT2D eigenvalue weighted by atomic mass is 15.4. The number of nitrogens with zero attached hydrogens (tertiary/aromatic N) is 4. The highest BCUT2D eigenvalue weighted by molar-refractivity contribution is 5.48. The van der Waals surface area contributed by atoms with Crippen molar-refractivity contribution in [1.82, 2.24) is 20.0 Å². The van der Waals surface area contributed by atoms with Gasteiger partial charge < -0.3 is 10.2 Å². The zero-order chi connectivity index (χ0) is 17.1. The Morgan fingerprint density at radius 3 is 2.71 bits per heavy atom. The molecule has 3 rings (SSSR count). The average molecular weight is 327 g/mol. The first-order valence-electron chi connectivity index (χ1n) is 8.74. The number of nitrogens with one attached hydrogen (secondary N) is 1. The number of aryl methyl sites for hydroxylation is 2. The third-order valence-electron chi connectivity index (χ3n) is 4.83. The van der Waals surface area contributed by atoms with Gasteiger partial charge in [-0.15, -0.1) is 0 Å². The van der Waals surface area contributed by atoms with Gasteiger partial charge in [-0.3, -0.25) is 9.58 Å². The van der Waals surface area contributed by atoms with Crippen LogP contribution in [0.1, 0.15) is 23.2 Å². The Balaban J connectivity index is 1.55. The molecule has 0 amide bonds. The molecule has 2 aromatic rings. The van der Waals surface area contributed by atoms with E-state index in [0.29, 0.717) is 6.04 Å². The van der Waals surface area contributed by atoms with Crippen LogP contribution in [-0.2, 0) is 20.1 Å². The zero-order valence-electron chi connectivity index (χ0n) is 15.3. The van der Waals surface area contributed by atoms with Crippen molar-refractivity contribution >= 4 is 5.82 Å². The van der Waals surface area contributed by atoms with E-state index in [0.717, 1.165) is 25.3 Å². The minimum Gasteiger partial charge on any atom is -0.363 e. The summed E-state index contributed by atoms with van der Waals surface area (Å²) in [6, 6.07) is 11.3. The van der Waals surface area contributed by atoms with Crippen molar-refractivity contribution in [3.8, 4) is 0 Å². The monoisotopic (exact) mass is 327 g/mol. The highest BCUT2D eigenvalue weighted by Gasteiger charge is 2.23. The second-order valence-electron chi connectivity index (χ2n) is 6.99. The Kier molecular flexibility index (Phi) is 5.21. The van der Waals surface area contributed by atoms with Gasteiger partial charge in [0.2, 0.25) is 0 Å². The van der Waals surface area contributed by atoms with Crippen LogP contribution in [-0.4, -0.2) is 47.9 Å². The average Bonchev–Trinajstić information content (AvgIpc) is 3.10. The third-order valence-corrected chi connectivity index (χ3v) is 4.83. The number of hydrogen-bond donors (Lipinski definition) is 1. The Morgan fingerprint density at radius 2 is 2.00 bits per heavy atom. The smallest absolute Gasteiger partial charge is 0.130 e. The van der Waals surface area contributed by atoms with Gasteiger partial charge in [0.25, 0.3) is 0 Å². The van der Waals surface area contributed by atoms with Crippen LogP contribution in [0, 0.1) is 6.92 Å². The van der Waals surface area contributed by atoms with Crippen LogP contribution in [0.4, 0.5) is 5.82 Å². The maximum absolute atomic E-state index is 4.57. The molecule has 0 spiro atoms. The number of rotatable bonds is 6. The first-order valence-corrected chi connectivity index (χ1v) is 8.74. The highest BCUT2D eigenvalue weighted by Crippen LogP contribution is 2.22. The molecule has 1 fully saturated rings. The zero-order valence-corrected chi connectivity index (χ0v) is 15.3. The lowest BCUT2D eigenvalue weighted by Crippen LogP contribution is -2.32. The van der Waals surface area contributed by atoms with Crippen LogP contribution >= 0.6 is 0 Å². The van der Waals surface area contributed by atoms with E-state index in [9.17, 15) is 0 Å². The first-order chi connectivity index (χ1) is 11.5. The second kappa shape index (κ2) is 7.36. The van der Waals surface area contributed by atoms with Gasteiger partial charge in [0.1, 0.15) is 5.82 Å². The first kappa shape index (κ1) is 17.0. The molecule has 0 radical (unpaired) electrons. The van der Waals surface area contributed by atoms with Crippen LogP contribution in [0.3, 0.4) is 0 Å². The molecule has 1 N–H and O–H groups in total. The molecule has 1 saturated heterocycles. The number of hydrogen-bond acceptors (Lipinski definition) is 4. The van der Waals surface area contributed by atoms with Gasteiger partial charge in [0.05, 0.1) is 5.69 Å². The Hall–Kier alpha value is -1.85. The van der Waals surface area contributed by atoms with Gasteiger partial charge in [-0.1, -0.05) is 30.3 Å². The summed E-state index contributed by atoms with van der Waals surface area (Å²) in [5.41, 5.74) is 3.83. The van der Waals surface area contributed by atoms with Crippen LogP contribution in [0.5, 0.6) is 0 Å². The topological polar surface area (TPSA) is 36.3 Å². The maximum atomic E-state index is 4.57. The van der Waals surface area contributed by atoms with Gasteiger partial charge in [-0.25, -0.2) is 0 Å². The van der Waals surface area contributed by atoms with Crippen molar-refractivity contribution in [3.63, 3.8) is 0 Å². The van der Waals surface area contributed by atoms with E-state index in [2.05, 4.69) is 71.6 Å². The van der Waals surface area contributed by atoms with Crippen molar-refractivity contribution in [2.45, 2.75) is 32.5 Å². The summed E-state index contributed by atoms with van der Waals surface area (Å²) in [6.07, 6.45) is 1.21. The van der Waals surface area contributed by atoms with Crippen LogP contribution in [0.2, 0.25) is 0 Å². The molecule has 1 aliphatic rings. The molecule has 0 aliphatic carbocycles. The Morgan fingerprint density at radius 1 is 1.25 bits per heavy atom. The fourth-order valence-corrected chi connectivity index (χ4v) is 3.69. The van der Waals surface area contributed by atoms with E-state index in [1.807, 2.05) is 11.7 Å². The second-order valence-corrected chi connectivity index (χ2v) is 6.99. The number of aromatic nitrogens is 2. The van der Waals surface area contributed by atoms with Crippen molar-refractivity contribution in [3.05, 3.63) is 47.2 Å². The molecule has 5 nitrogen and oxygen atoms in total. The van der Waals surface area contributed by atoms with Crippen LogP contribution in [0.25, 0.3) is 0 Å². The summed E-state index contributed by atoms with van der Waals surface area (Å²) in [4.78, 5) is 4.68. The lowest BCUT2D eigenvalue weighted by Gasteiger charge is -2.19. The molecule has 1 atom stereocenters. The van der Waals surface area contributed by atoms with E-state index in [4.69, 9.17) is 0 Å². The summed E-state index contributed by atoms with van der Waals surface area (Å²) in [7, 11) is 6.18. The van der Waals surface area contributed by atoms with Gasteiger partial charge >= 0.3 is 0 Å². The van der Waals surface area contributed by atoms with Gasteiger partial charge in [0, 0.05) is 58.9 Å². The minimum absolute atomic E-state index is 0.559. The fourth-order valence-electron chi connectivity index (χ4n) is 3.69. The molecule has 1 aromatic carbocycles. The number of anilines is 1. The SMILES string of the molecule is Cc1nn(C)c(N(C)C)c1CN[C@@H]1CCN(Cc2ccccc2)C1. The lowest BCUT2D eigenvalue weighted by molar-refractivity contribution is 0.320. The molecule has 0 bridgehead atoms. The molecule has 1 aliphatic heterocycles. The van der Waals surface area contributed by atoms with Gasteiger partial charge in [-0.2, -0.15) is 5.10 Å². The van der Waals surface area contributed by atoms with E-state index in [1.165, 1.54) is 29.9 Å². The summed E-state index contributed by atoms with van der Waals surface area (Å²) in [5, 5.41) is 8.31. The maximum Gasteiger partial charge on any atom is 0.130 e. The minimum atomic E-state index is 0.559. The van der Waals surface area contributed by atoms with Crippen molar-refractivity contribution in [2.24, 2.45) is 7.05 Å². The Bertz CT molecular complexity index is 662. The molecule has 0 saturated carbocycles. The van der Waals surface area contributed by atoms with E-state index in [1.54, 1.807) is 0 Å². The summed E-state index contributed by atoms with van der Waals surface area (Å²) in [6.45, 7) is 6.32. The Labute approximate surface area is 145 Å². The molecular weight excluding hydrogens is 298 g/mol. The molecular formula is C19H29N5. The quantitative estimate of drug-likeness (QED) is 0.882. The summed E-state index contributed by atoms with van der Waals surface area (Å²) < 4.78 is 1.97. The molecule has 130 valence electrons. The number of benzene rings is 1. The fraction of sp³-hybridized carbons (Fsp3) is 0.526. The normalized spacial score (nSPS) is 18.2. The summed E-state index contributed by atoms with van der Waals surface area (Å²) in [5.74, 6) is 1.19. The van der Waals surface area contributed by atoms with Gasteiger partial charge in [0.15, 0.2) is 0 Å². The third kappa shape index (κ3) is 3.79. The van der Waals surface area contributed by atoms with Crippen molar-refractivity contribution in [2.75, 3.05) is 32.1 Å². The van der Waals surface area contributed by atoms with Crippen molar-refractivity contribution in [1.29, 1.82) is 0 Å². The standard InChI is InChI=1S/C19H29N5/c1-15-18(19(22(2)3)23(4)21-15)12-20-17-10-11-24(14-17)13-16-8-6-5-7-9-16/h5-9,17,20H,10-14H2,1-4H3/t17-/m1/s1. The molecule has 5 heteroatoms. The number of likely N-dealkylation sites (tertiary alicyclic amines) is 1. The molecule has 0 unspecified atom stereocenters. The predicted molar refractivity (Wildman–Crippen MR) is 99.2 cm³/mol. The van der Waals surface area contributed by atoms with E-state index in [-0.39, 0.29) is 0 Å². The van der Waals surface area contributed by atoms with E-state index >= 15 is 0 Å². The van der Waals surface area contributed by atoms with Crippen LogP contribution in [0.15, 0.2) is 30.3 Å². The van der Waals surface area contributed by atoms with Crippen LogP contribution < -0.4 is 10.2 Å². The lowest BCUT2D eigenvalue weighted by atomic mass is 10.2. The molecule has 2 heterocycles. The molecule has 1 aromatic heterocycles. The largest absolute Gasteiger partial charge is 0.363 e. The van der Waals surface area contributed by atoms with Gasteiger partial charge in [-0.05, 0) is 18.9 Å².